The molecule has 0 aliphatic heterocycles. The summed E-state index contributed by atoms with van der Waals surface area (Å²) < 4.78 is 29.9. The summed E-state index contributed by atoms with van der Waals surface area (Å²) in [4.78, 5) is 15.6. The zero-order chi connectivity index (χ0) is 19.2. The van der Waals surface area contributed by atoms with E-state index in [1.54, 1.807) is 30.3 Å². The lowest BCUT2D eigenvalue weighted by atomic mass is 10.1. The Morgan fingerprint density at radius 3 is 2.46 bits per heavy atom. The van der Waals surface area contributed by atoms with Crippen LogP contribution in [0, 0.1) is 0 Å². The van der Waals surface area contributed by atoms with Crippen molar-refractivity contribution in [2.75, 3.05) is 11.9 Å². The summed E-state index contributed by atoms with van der Waals surface area (Å²) in [6.45, 7) is 2.56. The third-order valence-corrected chi connectivity index (χ3v) is 4.43. The van der Waals surface area contributed by atoms with Crippen LogP contribution in [0.2, 0.25) is 0 Å². The Bertz CT molecular complexity index is 869. The highest BCUT2D eigenvalue weighted by molar-refractivity contribution is 7.89. The highest BCUT2D eigenvalue weighted by Crippen LogP contribution is 2.37. The molecule has 0 aliphatic rings. The molecule has 0 saturated heterocycles. The normalized spacial score (nSPS) is 11.0. The molecule has 0 aliphatic carbocycles. The molecule has 0 amide bonds. The van der Waals surface area contributed by atoms with Crippen LogP contribution in [-0.4, -0.2) is 20.9 Å². The summed E-state index contributed by atoms with van der Waals surface area (Å²) in [5.41, 5.74) is 0.241. The average Bonchev–Trinajstić information content (AvgIpc) is 2.62. The van der Waals surface area contributed by atoms with Gasteiger partial charge in [0.05, 0.1) is 11.3 Å². The Balaban J connectivity index is 2.60. The number of primary sulfonamides is 1. The number of hydrogen-bond acceptors (Lipinski definition) is 7. The minimum absolute atomic E-state index is 0.00312. The van der Waals surface area contributed by atoms with Crippen molar-refractivity contribution in [2.24, 2.45) is 11.0 Å². The van der Waals surface area contributed by atoms with E-state index in [-0.39, 0.29) is 16.2 Å². The topological polar surface area (TPSA) is 134 Å². The molecule has 9 heteroatoms. The van der Waals surface area contributed by atoms with Crippen LogP contribution < -0.4 is 21.1 Å². The number of hydrogen-bond donors (Lipinski definition) is 3. The number of carbonyl (C=O) groups excluding carboxylic acids is 1. The Labute approximate surface area is 152 Å². The summed E-state index contributed by atoms with van der Waals surface area (Å²) in [6.07, 6.45) is 1.76. The number of anilines is 1. The molecule has 2 rings (SSSR count). The molecule has 26 heavy (non-hydrogen) atoms. The fraction of sp³-hybridized carbons (Fsp3) is 0.235. The molecule has 2 aromatic rings. The fourth-order valence-corrected chi connectivity index (χ4v) is 2.94. The van der Waals surface area contributed by atoms with Crippen LogP contribution in [0.15, 0.2) is 47.4 Å². The third-order valence-electron chi connectivity index (χ3n) is 3.51. The van der Waals surface area contributed by atoms with E-state index in [4.69, 9.17) is 15.8 Å². The first-order chi connectivity index (χ1) is 12.4. The molecular weight excluding hydrogens is 358 g/mol. The Hall–Kier alpha value is -2.62. The van der Waals surface area contributed by atoms with Crippen LogP contribution in [0.3, 0.4) is 0 Å². The first-order valence-corrected chi connectivity index (χ1v) is 9.50. The summed E-state index contributed by atoms with van der Waals surface area (Å²) >= 11 is 0. The molecule has 0 aromatic heterocycles. The van der Waals surface area contributed by atoms with Crippen LogP contribution in [0.25, 0.3) is 0 Å². The Morgan fingerprint density at radius 1 is 1.19 bits per heavy atom. The van der Waals surface area contributed by atoms with Gasteiger partial charge in [0.1, 0.15) is 10.6 Å². The number of benzene rings is 2. The van der Waals surface area contributed by atoms with Crippen molar-refractivity contribution in [2.45, 2.75) is 24.7 Å². The number of ether oxygens (including phenoxy) is 1. The lowest BCUT2D eigenvalue weighted by Crippen LogP contribution is -2.17. The highest BCUT2D eigenvalue weighted by atomic mass is 32.2. The van der Waals surface area contributed by atoms with Crippen molar-refractivity contribution in [3.63, 3.8) is 0 Å². The molecule has 0 unspecified atom stereocenters. The van der Waals surface area contributed by atoms with Crippen molar-refractivity contribution >= 4 is 21.7 Å². The largest absolute Gasteiger partial charge is 0.454 e. The first-order valence-electron chi connectivity index (χ1n) is 7.95. The second kappa shape index (κ2) is 8.65. The van der Waals surface area contributed by atoms with Crippen LogP contribution >= 0.6 is 0 Å². The Morgan fingerprint density at radius 2 is 1.88 bits per heavy atom. The molecule has 0 bridgehead atoms. The van der Waals surface area contributed by atoms with E-state index in [2.05, 4.69) is 10.2 Å². The molecule has 0 radical (unpaired) electrons. The van der Waals surface area contributed by atoms with Crippen molar-refractivity contribution in [3.8, 4) is 11.5 Å². The molecule has 0 heterocycles. The van der Waals surface area contributed by atoms with Gasteiger partial charge >= 0.3 is 5.97 Å². The third kappa shape index (κ3) is 4.94. The molecule has 0 spiro atoms. The van der Waals surface area contributed by atoms with E-state index in [1.165, 1.54) is 6.07 Å². The number of carbonyl (C=O) groups is 1. The van der Waals surface area contributed by atoms with Gasteiger partial charge in [0, 0.05) is 6.54 Å². The molecule has 8 nitrogen and oxygen atoms in total. The number of unbranched alkanes of at least 4 members (excludes halogenated alkanes) is 1. The van der Waals surface area contributed by atoms with E-state index in [0.717, 1.165) is 18.9 Å². The molecule has 2 aromatic carbocycles. The van der Waals surface area contributed by atoms with E-state index in [0.29, 0.717) is 18.0 Å². The van der Waals surface area contributed by atoms with Gasteiger partial charge in [-0.1, -0.05) is 31.5 Å². The zero-order valence-electron chi connectivity index (χ0n) is 14.3. The first kappa shape index (κ1) is 19.7. The second-order valence-corrected chi connectivity index (χ2v) is 7.03. The second-order valence-electron chi connectivity index (χ2n) is 5.50. The predicted octanol–water partition coefficient (Wildman–Crippen LogP) is 2.37. The minimum Gasteiger partial charge on any atom is -0.454 e. The summed E-state index contributed by atoms with van der Waals surface area (Å²) in [5, 5.41) is 8.40. The quantitative estimate of drug-likeness (QED) is 0.473. The molecule has 0 saturated carbocycles. The van der Waals surface area contributed by atoms with E-state index >= 15 is 0 Å². The SMILES string of the molecule is CCCCNc1cc(C(=O)ON)cc(S(N)(=O)=O)c1Oc1ccccc1. The maximum atomic E-state index is 12.1. The predicted molar refractivity (Wildman–Crippen MR) is 97.3 cm³/mol. The molecule has 140 valence electrons. The van der Waals surface area contributed by atoms with Crippen LogP contribution in [0.4, 0.5) is 5.69 Å². The number of para-hydroxylation sites is 1. The van der Waals surface area contributed by atoms with Gasteiger partial charge in [0.2, 0.25) is 10.0 Å². The zero-order valence-corrected chi connectivity index (χ0v) is 15.1. The molecule has 5 N–H and O–H groups in total. The van der Waals surface area contributed by atoms with Gasteiger partial charge in [0.25, 0.3) is 0 Å². The van der Waals surface area contributed by atoms with Crippen molar-refractivity contribution in [1.29, 1.82) is 0 Å². The van der Waals surface area contributed by atoms with E-state index in [1.807, 2.05) is 6.92 Å². The minimum atomic E-state index is -4.18. The van der Waals surface area contributed by atoms with Gasteiger partial charge in [0.15, 0.2) is 5.75 Å². The van der Waals surface area contributed by atoms with Gasteiger partial charge in [-0.25, -0.2) is 18.4 Å². The number of nitrogens with one attached hydrogen (secondary N) is 1. The fourth-order valence-electron chi connectivity index (χ4n) is 2.24. The maximum Gasteiger partial charge on any atom is 0.356 e. The van der Waals surface area contributed by atoms with Gasteiger partial charge in [-0.3, -0.25) is 0 Å². The molecule has 0 atom stereocenters. The van der Waals surface area contributed by atoms with Gasteiger partial charge in [-0.15, -0.1) is 0 Å². The smallest absolute Gasteiger partial charge is 0.356 e. The Kier molecular flexibility index (Phi) is 6.56. The van der Waals surface area contributed by atoms with Crippen molar-refractivity contribution in [3.05, 3.63) is 48.0 Å². The van der Waals surface area contributed by atoms with Crippen LogP contribution in [-0.2, 0) is 14.9 Å². The van der Waals surface area contributed by atoms with Crippen molar-refractivity contribution < 1.29 is 22.8 Å². The summed E-state index contributed by atoms with van der Waals surface area (Å²) in [7, 11) is -4.18. The number of sulfonamides is 1. The molecule has 0 fully saturated rings. The average molecular weight is 379 g/mol. The summed E-state index contributed by atoms with van der Waals surface area (Å²) in [6, 6.07) is 11.1. The highest BCUT2D eigenvalue weighted by Gasteiger charge is 2.24. The van der Waals surface area contributed by atoms with Gasteiger partial charge < -0.3 is 14.9 Å². The molecular formula is C17H21N3O5S. The maximum absolute atomic E-state index is 12.1. The van der Waals surface area contributed by atoms with Crippen LogP contribution in [0.1, 0.15) is 30.1 Å². The monoisotopic (exact) mass is 379 g/mol. The summed E-state index contributed by atoms with van der Waals surface area (Å²) in [5.74, 6) is 4.45. The van der Waals surface area contributed by atoms with Gasteiger partial charge in [-0.2, -0.15) is 5.90 Å². The number of nitrogens with two attached hydrogens (primary N) is 2. The van der Waals surface area contributed by atoms with Crippen LogP contribution in [0.5, 0.6) is 11.5 Å². The standard InChI is InChI=1S/C17H21N3O5S/c1-2-3-9-20-14-10-12(17(21)25-18)11-15(26(19,22)23)16(14)24-13-7-5-4-6-8-13/h4-8,10-11,20H,2-3,9,18H2,1H3,(H2,19,22,23). The van der Waals surface area contributed by atoms with Crippen molar-refractivity contribution in [1.82, 2.24) is 0 Å². The van der Waals surface area contributed by atoms with E-state index in [9.17, 15) is 13.2 Å². The lowest BCUT2D eigenvalue weighted by molar-refractivity contribution is 0.0503. The van der Waals surface area contributed by atoms with E-state index < -0.39 is 16.0 Å². The van der Waals surface area contributed by atoms with Gasteiger partial charge in [-0.05, 0) is 30.7 Å². The lowest BCUT2D eigenvalue weighted by Gasteiger charge is -2.17. The number of rotatable bonds is 8.